The number of hydrogen-bond donors (Lipinski definition) is 1. The number of amides is 1. The lowest BCUT2D eigenvalue weighted by Gasteiger charge is -2.34. The number of rotatable bonds is 8. The summed E-state index contributed by atoms with van der Waals surface area (Å²) in [6.45, 7) is 6.63. The number of benzene rings is 2. The third kappa shape index (κ3) is 5.11. The minimum Gasteiger partial charge on any atom is -0.493 e. The van der Waals surface area contributed by atoms with E-state index in [4.69, 9.17) is 14.2 Å². The third-order valence-corrected chi connectivity index (χ3v) is 6.31. The molecule has 1 aliphatic heterocycles. The van der Waals surface area contributed by atoms with Crippen molar-refractivity contribution in [3.8, 4) is 17.2 Å². The summed E-state index contributed by atoms with van der Waals surface area (Å²) in [6.07, 6.45) is 2.30. The highest BCUT2D eigenvalue weighted by molar-refractivity contribution is 6.02. The van der Waals surface area contributed by atoms with Gasteiger partial charge < -0.3 is 19.5 Å². The molecule has 0 saturated carbocycles. The van der Waals surface area contributed by atoms with E-state index in [2.05, 4.69) is 5.32 Å². The highest BCUT2D eigenvalue weighted by Gasteiger charge is 2.38. The van der Waals surface area contributed by atoms with Crippen molar-refractivity contribution in [2.75, 3.05) is 13.7 Å². The molecule has 2 aliphatic rings. The van der Waals surface area contributed by atoms with Crippen molar-refractivity contribution in [3.63, 3.8) is 0 Å². The average Bonchev–Trinajstić information content (AvgIpc) is 2.81. The summed E-state index contributed by atoms with van der Waals surface area (Å²) in [6, 6.07) is 13.6. The lowest BCUT2D eigenvalue weighted by atomic mass is 9.73. The molecule has 4 rings (SSSR count). The largest absolute Gasteiger partial charge is 0.493 e. The van der Waals surface area contributed by atoms with Crippen LogP contribution in [0.5, 0.6) is 17.2 Å². The summed E-state index contributed by atoms with van der Waals surface area (Å²) >= 11 is 0. The van der Waals surface area contributed by atoms with E-state index in [1.807, 2.05) is 63.2 Å². The van der Waals surface area contributed by atoms with Gasteiger partial charge in [0.1, 0.15) is 5.75 Å². The summed E-state index contributed by atoms with van der Waals surface area (Å²) in [7, 11) is 1.60. The first-order valence-electron chi connectivity index (χ1n) is 12.0. The standard InChI is InChI=1S/C28H33NO5/c1-5-12-33-25-11-8-19(15-26(25)32-4)22-16-27(31)29-23-13-20(14-24(30)28(22)23)18-6-9-21(10-7-18)34-17(2)3/h6-11,15,17,20,22H,5,12-14,16H2,1-4H3,(H,29,31). The van der Waals surface area contributed by atoms with Crippen LogP contribution in [-0.4, -0.2) is 31.5 Å². The zero-order chi connectivity index (χ0) is 24.2. The number of hydrogen-bond acceptors (Lipinski definition) is 5. The van der Waals surface area contributed by atoms with Crippen LogP contribution in [0.15, 0.2) is 53.7 Å². The van der Waals surface area contributed by atoms with Crippen molar-refractivity contribution in [2.45, 2.75) is 64.4 Å². The molecular weight excluding hydrogens is 430 g/mol. The van der Waals surface area contributed by atoms with Gasteiger partial charge in [0.05, 0.1) is 19.8 Å². The van der Waals surface area contributed by atoms with Gasteiger partial charge in [0.25, 0.3) is 0 Å². The highest BCUT2D eigenvalue weighted by Crippen LogP contribution is 2.44. The van der Waals surface area contributed by atoms with Gasteiger partial charge in [-0.05, 0) is 68.0 Å². The van der Waals surface area contributed by atoms with Crippen LogP contribution in [0.1, 0.15) is 69.4 Å². The van der Waals surface area contributed by atoms with Crippen molar-refractivity contribution in [1.82, 2.24) is 5.32 Å². The first-order valence-corrected chi connectivity index (χ1v) is 12.0. The molecule has 0 bridgehead atoms. The van der Waals surface area contributed by atoms with Gasteiger partial charge in [-0.3, -0.25) is 9.59 Å². The zero-order valence-corrected chi connectivity index (χ0v) is 20.4. The predicted octanol–water partition coefficient (Wildman–Crippen LogP) is 5.28. The van der Waals surface area contributed by atoms with E-state index in [0.717, 1.165) is 34.6 Å². The van der Waals surface area contributed by atoms with Gasteiger partial charge in [0.15, 0.2) is 17.3 Å². The second kappa shape index (κ2) is 10.3. The van der Waals surface area contributed by atoms with Gasteiger partial charge in [0, 0.05) is 30.0 Å². The van der Waals surface area contributed by atoms with E-state index < -0.39 is 0 Å². The normalized spacial score (nSPS) is 20.1. The summed E-state index contributed by atoms with van der Waals surface area (Å²) in [5.41, 5.74) is 3.44. The molecule has 2 unspecified atom stereocenters. The summed E-state index contributed by atoms with van der Waals surface area (Å²) in [5.74, 6) is 1.86. The lowest BCUT2D eigenvalue weighted by Crippen LogP contribution is -2.38. The highest BCUT2D eigenvalue weighted by atomic mass is 16.5. The van der Waals surface area contributed by atoms with Gasteiger partial charge in [-0.25, -0.2) is 0 Å². The Morgan fingerprint density at radius 1 is 0.971 bits per heavy atom. The van der Waals surface area contributed by atoms with Crippen LogP contribution in [0.2, 0.25) is 0 Å². The van der Waals surface area contributed by atoms with Crippen LogP contribution in [0, 0.1) is 0 Å². The molecule has 180 valence electrons. The molecule has 0 saturated heterocycles. The Morgan fingerprint density at radius 2 is 1.71 bits per heavy atom. The molecule has 1 amide bonds. The number of nitrogens with one attached hydrogen (secondary N) is 1. The minimum absolute atomic E-state index is 0.0257. The molecule has 6 heteroatoms. The Morgan fingerprint density at radius 3 is 2.38 bits per heavy atom. The number of allylic oxidation sites excluding steroid dienone is 2. The molecular formula is C28H33NO5. The molecule has 0 fully saturated rings. The van der Waals surface area contributed by atoms with E-state index in [1.165, 1.54) is 0 Å². The smallest absolute Gasteiger partial charge is 0.225 e. The third-order valence-electron chi connectivity index (χ3n) is 6.31. The maximum atomic E-state index is 13.4. The van der Waals surface area contributed by atoms with Crippen LogP contribution in [0.25, 0.3) is 0 Å². The van der Waals surface area contributed by atoms with Crippen molar-refractivity contribution in [3.05, 3.63) is 64.9 Å². The summed E-state index contributed by atoms with van der Waals surface area (Å²) in [4.78, 5) is 26.0. The monoisotopic (exact) mass is 463 g/mol. The quantitative estimate of drug-likeness (QED) is 0.577. The Kier molecular flexibility index (Phi) is 7.25. The Hall–Kier alpha value is -3.28. The number of ketones is 1. The van der Waals surface area contributed by atoms with Gasteiger partial charge >= 0.3 is 0 Å². The Bertz CT molecular complexity index is 1090. The van der Waals surface area contributed by atoms with E-state index in [1.54, 1.807) is 7.11 Å². The van der Waals surface area contributed by atoms with Crippen LogP contribution < -0.4 is 19.5 Å². The van der Waals surface area contributed by atoms with E-state index in [-0.39, 0.29) is 36.1 Å². The molecule has 1 aliphatic carbocycles. The van der Waals surface area contributed by atoms with Gasteiger partial charge in [0.2, 0.25) is 5.91 Å². The molecule has 0 spiro atoms. The molecule has 2 aromatic rings. The number of Topliss-reactive ketones (excluding diaryl/α,β-unsaturated/α-hetero) is 1. The summed E-state index contributed by atoms with van der Waals surface area (Å²) < 4.78 is 17.0. The van der Waals surface area contributed by atoms with E-state index in [0.29, 0.717) is 30.9 Å². The Labute approximate surface area is 201 Å². The number of methoxy groups -OCH3 is 1. The molecule has 1 N–H and O–H groups in total. The number of carbonyl (C=O) groups excluding carboxylic acids is 2. The lowest BCUT2D eigenvalue weighted by molar-refractivity contribution is -0.122. The molecule has 0 radical (unpaired) electrons. The SMILES string of the molecule is CCCOc1ccc(C2CC(=O)NC3=C2C(=O)CC(c2ccc(OC(C)C)cc2)C3)cc1OC. The predicted molar refractivity (Wildman–Crippen MR) is 130 cm³/mol. The van der Waals surface area contributed by atoms with E-state index in [9.17, 15) is 9.59 Å². The van der Waals surface area contributed by atoms with Crippen LogP contribution in [-0.2, 0) is 9.59 Å². The van der Waals surface area contributed by atoms with Crippen LogP contribution in [0.4, 0.5) is 0 Å². The topological polar surface area (TPSA) is 73.9 Å². The van der Waals surface area contributed by atoms with Crippen molar-refractivity contribution in [1.29, 1.82) is 0 Å². The van der Waals surface area contributed by atoms with Gasteiger partial charge in [-0.2, -0.15) is 0 Å². The number of ether oxygens (including phenoxy) is 3. The first-order chi connectivity index (χ1) is 16.4. The zero-order valence-electron chi connectivity index (χ0n) is 20.4. The maximum absolute atomic E-state index is 13.4. The molecule has 6 nitrogen and oxygen atoms in total. The number of carbonyl (C=O) groups is 2. The van der Waals surface area contributed by atoms with Crippen LogP contribution >= 0.6 is 0 Å². The van der Waals surface area contributed by atoms with E-state index >= 15 is 0 Å². The van der Waals surface area contributed by atoms with Gasteiger partial charge in [-0.1, -0.05) is 25.1 Å². The van der Waals surface area contributed by atoms with Gasteiger partial charge in [-0.15, -0.1) is 0 Å². The summed E-state index contributed by atoms with van der Waals surface area (Å²) in [5, 5.41) is 2.99. The van der Waals surface area contributed by atoms with Crippen molar-refractivity contribution < 1.29 is 23.8 Å². The van der Waals surface area contributed by atoms with Crippen molar-refractivity contribution in [2.24, 2.45) is 0 Å². The second-order valence-corrected chi connectivity index (χ2v) is 9.22. The Balaban J connectivity index is 1.61. The van der Waals surface area contributed by atoms with Crippen molar-refractivity contribution >= 4 is 11.7 Å². The fourth-order valence-electron chi connectivity index (χ4n) is 4.80. The molecule has 2 atom stereocenters. The second-order valence-electron chi connectivity index (χ2n) is 9.22. The fourth-order valence-corrected chi connectivity index (χ4v) is 4.80. The minimum atomic E-state index is -0.284. The maximum Gasteiger partial charge on any atom is 0.225 e. The first kappa shape index (κ1) is 23.9. The average molecular weight is 464 g/mol. The molecule has 34 heavy (non-hydrogen) atoms. The molecule has 2 aromatic carbocycles. The molecule has 0 aromatic heterocycles. The van der Waals surface area contributed by atoms with Crippen LogP contribution in [0.3, 0.4) is 0 Å². The fraction of sp³-hybridized carbons (Fsp3) is 0.429. The molecule has 1 heterocycles.